The molecule has 0 aromatic heterocycles. The summed E-state index contributed by atoms with van der Waals surface area (Å²) >= 11 is 0. The van der Waals surface area contributed by atoms with Crippen LogP contribution in [-0.2, 0) is 9.59 Å². The summed E-state index contributed by atoms with van der Waals surface area (Å²) in [6, 6.07) is 13.3. The van der Waals surface area contributed by atoms with E-state index in [0.29, 0.717) is 6.54 Å². The molecule has 2 aromatic rings. The van der Waals surface area contributed by atoms with Gasteiger partial charge in [-0.2, -0.15) is 0 Å². The van der Waals surface area contributed by atoms with Gasteiger partial charge < -0.3 is 10.6 Å². The molecule has 0 aliphatic carbocycles. The van der Waals surface area contributed by atoms with Gasteiger partial charge in [0.2, 0.25) is 0 Å². The van der Waals surface area contributed by atoms with Crippen LogP contribution in [0.25, 0.3) is 0 Å². The number of nitrogens with one attached hydrogen (secondary N) is 2. The molecule has 0 saturated carbocycles. The predicted octanol–water partition coefficient (Wildman–Crippen LogP) is 2.76. The van der Waals surface area contributed by atoms with Crippen LogP contribution in [0.2, 0.25) is 0 Å². The third kappa shape index (κ3) is 5.13. The Kier molecular flexibility index (Phi) is 5.84. The lowest BCUT2D eigenvalue weighted by molar-refractivity contribution is -0.384. The number of hydrogen-bond acceptors (Lipinski definition) is 4. The van der Waals surface area contributed by atoms with Crippen molar-refractivity contribution in [2.24, 2.45) is 0 Å². The lowest BCUT2D eigenvalue weighted by Crippen LogP contribution is -2.37. The number of nitro benzene ring substituents is 1. The molecule has 130 valence electrons. The van der Waals surface area contributed by atoms with Crippen LogP contribution in [0.5, 0.6) is 0 Å². The number of benzene rings is 2. The molecular weight excluding hydrogens is 322 g/mol. The molecule has 0 aliphatic rings. The largest absolute Gasteiger partial charge is 0.347 e. The van der Waals surface area contributed by atoms with Crippen molar-refractivity contribution in [3.63, 3.8) is 0 Å². The first-order valence-corrected chi connectivity index (χ1v) is 7.77. The van der Waals surface area contributed by atoms with E-state index < -0.39 is 16.7 Å². The zero-order valence-electron chi connectivity index (χ0n) is 14.0. The van der Waals surface area contributed by atoms with Crippen molar-refractivity contribution in [2.75, 3.05) is 11.9 Å². The number of carbonyl (C=O) groups is 2. The highest BCUT2D eigenvalue weighted by atomic mass is 16.6. The van der Waals surface area contributed by atoms with Crippen LogP contribution in [0, 0.1) is 17.0 Å². The minimum Gasteiger partial charge on any atom is -0.347 e. The lowest BCUT2D eigenvalue weighted by Gasteiger charge is -2.13. The first-order valence-electron chi connectivity index (χ1n) is 7.77. The number of nitro groups is 1. The first-order chi connectivity index (χ1) is 11.9. The number of hydrogen-bond donors (Lipinski definition) is 2. The van der Waals surface area contributed by atoms with Gasteiger partial charge in [0.05, 0.1) is 4.92 Å². The van der Waals surface area contributed by atoms with Crippen molar-refractivity contribution >= 4 is 23.2 Å². The van der Waals surface area contributed by atoms with Crippen LogP contribution < -0.4 is 10.6 Å². The molecule has 0 fully saturated rings. The summed E-state index contributed by atoms with van der Waals surface area (Å²) in [6.07, 6.45) is 0. The van der Waals surface area contributed by atoms with Crippen LogP contribution in [0.15, 0.2) is 48.5 Å². The van der Waals surface area contributed by atoms with Gasteiger partial charge in [0.15, 0.2) is 0 Å². The zero-order chi connectivity index (χ0) is 18.4. The van der Waals surface area contributed by atoms with Crippen molar-refractivity contribution in [1.29, 1.82) is 0 Å². The molecule has 2 N–H and O–H groups in total. The molecule has 7 heteroatoms. The molecule has 0 radical (unpaired) electrons. The van der Waals surface area contributed by atoms with Crippen molar-refractivity contribution < 1.29 is 14.5 Å². The van der Waals surface area contributed by atoms with Crippen LogP contribution in [0.3, 0.4) is 0 Å². The number of aryl methyl sites for hydroxylation is 1. The van der Waals surface area contributed by atoms with E-state index in [9.17, 15) is 19.7 Å². The van der Waals surface area contributed by atoms with E-state index in [1.165, 1.54) is 24.3 Å². The maximum Gasteiger partial charge on any atom is 0.313 e. The summed E-state index contributed by atoms with van der Waals surface area (Å²) in [5.41, 5.74) is 2.23. The molecule has 2 rings (SSSR count). The summed E-state index contributed by atoms with van der Waals surface area (Å²) in [5, 5.41) is 15.6. The molecule has 0 spiro atoms. The van der Waals surface area contributed by atoms with Gasteiger partial charge in [-0.3, -0.25) is 19.7 Å². The fourth-order valence-electron chi connectivity index (χ4n) is 2.31. The monoisotopic (exact) mass is 341 g/mol. The Morgan fingerprint density at radius 2 is 1.84 bits per heavy atom. The van der Waals surface area contributed by atoms with Gasteiger partial charge in [-0.1, -0.05) is 42.8 Å². The third-order valence-corrected chi connectivity index (χ3v) is 3.70. The van der Waals surface area contributed by atoms with Crippen LogP contribution >= 0.6 is 0 Å². The van der Waals surface area contributed by atoms with E-state index in [0.717, 1.165) is 11.1 Å². The van der Waals surface area contributed by atoms with Gasteiger partial charge >= 0.3 is 11.8 Å². The minimum atomic E-state index is -0.864. The van der Waals surface area contributed by atoms with Gasteiger partial charge in [0.1, 0.15) is 0 Å². The molecule has 0 aliphatic heterocycles. The van der Waals surface area contributed by atoms with Crippen molar-refractivity contribution in [2.45, 2.75) is 19.8 Å². The van der Waals surface area contributed by atoms with Crippen molar-refractivity contribution in [3.8, 4) is 0 Å². The molecule has 0 heterocycles. The Morgan fingerprint density at radius 3 is 2.52 bits per heavy atom. The molecule has 0 unspecified atom stereocenters. The first kappa shape index (κ1) is 18.1. The summed E-state index contributed by atoms with van der Waals surface area (Å²) in [6.45, 7) is 4.25. The Labute approximate surface area is 145 Å². The molecule has 0 saturated heterocycles. The van der Waals surface area contributed by atoms with E-state index in [4.69, 9.17) is 0 Å². The highest BCUT2D eigenvalue weighted by Gasteiger charge is 2.16. The molecule has 7 nitrogen and oxygen atoms in total. The van der Waals surface area contributed by atoms with E-state index in [1.807, 2.05) is 38.1 Å². The maximum atomic E-state index is 11.9. The highest BCUT2D eigenvalue weighted by molar-refractivity contribution is 6.39. The van der Waals surface area contributed by atoms with E-state index in [-0.39, 0.29) is 17.3 Å². The van der Waals surface area contributed by atoms with Gasteiger partial charge in [-0.05, 0) is 24.5 Å². The van der Waals surface area contributed by atoms with Gasteiger partial charge in [0.25, 0.3) is 5.69 Å². The zero-order valence-corrected chi connectivity index (χ0v) is 14.0. The highest BCUT2D eigenvalue weighted by Crippen LogP contribution is 2.17. The lowest BCUT2D eigenvalue weighted by atomic mass is 9.99. The number of anilines is 1. The fraction of sp³-hybridized carbons (Fsp3) is 0.222. The summed E-state index contributed by atoms with van der Waals surface area (Å²) in [4.78, 5) is 34.0. The molecular formula is C18H19N3O4. The molecule has 1 atom stereocenters. The Balaban J connectivity index is 1.91. The molecule has 0 bridgehead atoms. The van der Waals surface area contributed by atoms with Crippen molar-refractivity contribution in [3.05, 3.63) is 69.8 Å². The van der Waals surface area contributed by atoms with Gasteiger partial charge in [-0.25, -0.2) is 0 Å². The SMILES string of the molecule is Cc1cccc([C@H](C)CNC(=O)C(=O)Nc2cccc([N+](=O)[O-])c2)c1. The quantitative estimate of drug-likeness (QED) is 0.496. The topological polar surface area (TPSA) is 101 Å². The van der Waals surface area contributed by atoms with Crippen LogP contribution in [-0.4, -0.2) is 23.3 Å². The number of carbonyl (C=O) groups excluding carboxylic acids is 2. The second-order valence-electron chi connectivity index (χ2n) is 5.79. The van der Waals surface area contributed by atoms with Crippen LogP contribution in [0.4, 0.5) is 11.4 Å². The second kappa shape index (κ2) is 8.05. The average molecular weight is 341 g/mol. The number of amides is 2. The normalized spacial score (nSPS) is 11.4. The standard InChI is InChI=1S/C18H19N3O4/c1-12-5-3-6-14(9-12)13(2)11-19-17(22)18(23)20-15-7-4-8-16(10-15)21(24)25/h3-10,13H,11H2,1-2H3,(H,19,22)(H,20,23)/t13-/m1/s1. The van der Waals surface area contributed by atoms with Gasteiger partial charge in [0, 0.05) is 24.4 Å². The van der Waals surface area contributed by atoms with Gasteiger partial charge in [-0.15, -0.1) is 0 Å². The molecule has 25 heavy (non-hydrogen) atoms. The third-order valence-electron chi connectivity index (χ3n) is 3.70. The van der Waals surface area contributed by atoms with E-state index in [2.05, 4.69) is 10.6 Å². The van der Waals surface area contributed by atoms with E-state index in [1.54, 1.807) is 0 Å². The van der Waals surface area contributed by atoms with Crippen LogP contribution in [0.1, 0.15) is 24.0 Å². The fourth-order valence-corrected chi connectivity index (χ4v) is 2.31. The Morgan fingerprint density at radius 1 is 1.12 bits per heavy atom. The summed E-state index contributed by atoms with van der Waals surface area (Å²) in [7, 11) is 0. The second-order valence-corrected chi connectivity index (χ2v) is 5.79. The average Bonchev–Trinajstić information content (AvgIpc) is 2.59. The Bertz CT molecular complexity index is 804. The number of rotatable bonds is 5. The molecule has 2 aromatic carbocycles. The van der Waals surface area contributed by atoms with E-state index >= 15 is 0 Å². The smallest absolute Gasteiger partial charge is 0.313 e. The predicted molar refractivity (Wildman–Crippen MR) is 94.3 cm³/mol. The van der Waals surface area contributed by atoms with Crippen molar-refractivity contribution in [1.82, 2.24) is 5.32 Å². The maximum absolute atomic E-state index is 11.9. The Hall–Kier alpha value is -3.22. The summed E-state index contributed by atoms with van der Waals surface area (Å²) < 4.78 is 0. The molecule has 2 amide bonds. The summed E-state index contributed by atoms with van der Waals surface area (Å²) in [5.74, 6) is -1.60. The number of non-ortho nitro benzene ring substituents is 1. The minimum absolute atomic E-state index is 0.0504. The number of nitrogens with zero attached hydrogens (tertiary/aromatic N) is 1.